The van der Waals surface area contributed by atoms with Crippen LogP contribution in [0.3, 0.4) is 0 Å². The van der Waals surface area contributed by atoms with E-state index in [9.17, 15) is 9.59 Å². The van der Waals surface area contributed by atoms with Gasteiger partial charge in [-0.15, -0.1) is 11.3 Å². The largest absolute Gasteiger partial charge is 0.396 e. The van der Waals surface area contributed by atoms with Gasteiger partial charge in [-0.25, -0.2) is 0 Å². The smallest absolute Gasteiger partial charge is 0.252 e. The molecule has 1 amide bonds. The first kappa shape index (κ1) is 15.6. The Hall–Kier alpha value is -2.24. The number of carbonyl (C=O) groups is 2. The summed E-state index contributed by atoms with van der Waals surface area (Å²) in [7, 11) is 0. The van der Waals surface area contributed by atoms with Crippen molar-refractivity contribution in [1.82, 2.24) is 5.32 Å². The van der Waals surface area contributed by atoms with E-state index in [1.807, 2.05) is 23.6 Å². The Bertz CT molecular complexity index is 736. The van der Waals surface area contributed by atoms with Gasteiger partial charge in [0, 0.05) is 24.1 Å². The van der Waals surface area contributed by atoms with Crippen LogP contribution in [-0.2, 0) is 0 Å². The summed E-state index contributed by atoms with van der Waals surface area (Å²) in [6.07, 6.45) is 4.49. The van der Waals surface area contributed by atoms with Crippen LogP contribution >= 0.6 is 11.3 Å². The van der Waals surface area contributed by atoms with E-state index in [1.54, 1.807) is 30.3 Å². The Balaban J connectivity index is 1.79. The zero-order valence-corrected chi connectivity index (χ0v) is 13.3. The monoisotopic (exact) mass is 327 g/mol. The first-order chi connectivity index (χ1) is 11.2. The van der Waals surface area contributed by atoms with Crippen LogP contribution in [-0.4, -0.2) is 29.4 Å². The van der Waals surface area contributed by atoms with Crippen molar-refractivity contribution in [3.05, 3.63) is 69.9 Å². The molecule has 0 saturated heterocycles. The molecule has 118 valence electrons. The summed E-state index contributed by atoms with van der Waals surface area (Å²) in [6.45, 7) is 0.0797. The summed E-state index contributed by atoms with van der Waals surface area (Å²) in [4.78, 5) is 25.7. The minimum absolute atomic E-state index is 0.0797. The third-order valence-electron chi connectivity index (χ3n) is 3.88. The lowest BCUT2D eigenvalue weighted by molar-refractivity contribution is 0.0931. The van der Waals surface area contributed by atoms with Gasteiger partial charge in [-0.1, -0.05) is 36.4 Å². The van der Waals surface area contributed by atoms with E-state index < -0.39 is 0 Å². The van der Waals surface area contributed by atoms with Crippen molar-refractivity contribution in [2.45, 2.75) is 12.5 Å². The second-order valence-corrected chi connectivity index (χ2v) is 6.44. The third-order valence-corrected chi connectivity index (χ3v) is 4.75. The molecule has 0 saturated carbocycles. The maximum atomic E-state index is 12.6. The predicted molar refractivity (Wildman–Crippen MR) is 89.8 cm³/mol. The van der Waals surface area contributed by atoms with Gasteiger partial charge in [0.1, 0.15) is 0 Å². The molecular formula is C18H17NO3S. The Morgan fingerprint density at radius 3 is 2.57 bits per heavy atom. The number of hydrogen-bond donors (Lipinski definition) is 2. The lowest BCUT2D eigenvalue weighted by Crippen LogP contribution is -2.33. The van der Waals surface area contributed by atoms with Crippen molar-refractivity contribution < 1.29 is 14.7 Å². The molecule has 1 aromatic heterocycles. The van der Waals surface area contributed by atoms with Gasteiger partial charge < -0.3 is 10.4 Å². The van der Waals surface area contributed by atoms with Crippen molar-refractivity contribution in [3.8, 4) is 0 Å². The van der Waals surface area contributed by atoms with Gasteiger partial charge in [-0.2, -0.15) is 0 Å². The van der Waals surface area contributed by atoms with E-state index in [0.717, 1.165) is 0 Å². The number of aliphatic hydroxyl groups excluding tert-OH is 1. The molecule has 1 aliphatic rings. The molecule has 0 spiro atoms. The first-order valence-electron chi connectivity index (χ1n) is 7.46. The average Bonchev–Trinajstić information content (AvgIpc) is 3.25. The van der Waals surface area contributed by atoms with Crippen LogP contribution in [0.4, 0.5) is 0 Å². The minimum Gasteiger partial charge on any atom is -0.396 e. The summed E-state index contributed by atoms with van der Waals surface area (Å²) in [6, 6.07) is 10.3. The molecular weight excluding hydrogens is 310 g/mol. The van der Waals surface area contributed by atoms with E-state index in [0.29, 0.717) is 22.4 Å². The Morgan fingerprint density at radius 1 is 1.13 bits per heavy atom. The quantitative estimate of drug-likeness (QED) is 0.655. The van der Waals surface area contributed by atoms with Crippen molar-refractivity contribution in [1.29, 1.82) is 0 Å². The van der Waals surface area contributed by atoms with Gasteiger partial charge in [0.25, 0.3) is 5.91 Å². The summed E-state index contributed by atoms with van der Waals surface area (Å²) in [5.74, 6) is -0.317. The molecule has 2 N–H and O–H groups in total. The third kappa shape index (κ3) is 3.41. The second-order valence-electron chi connectivity index (χ2n) is 5.50. The number of nitrogens with one attached hydrogen (secondary N) is 1. The molecule has 5 heteroatoms. The average molecular weight is 327 g/mol. The highest BCUT2D eigenvalue weighted by Gasteiger charge is 2.23. The van der Waals surface area contributed by atoms with Crippen LogP contribution < -0.4 is 5.32 Å². The molecule has 1 aromatic carbocycles. The van der Waals surface area contributed by atoms with Gasteiger partial charge in [-0.3, -0.25) is 9.59 Å². The number of thiophene rings is 1. The molecule has 0 unspecified atom stereocenters. The van der Waals surface area contributed by atoms with Crippen LogP contribution in [0.2, 0.25) is 0 Å². The van der Waals surface area contributed by atoms with Gasteiger partial charge in [0.2, 0.25) is 5.78 Å². The van der Waals surface area contributed by atoms with E-state index in [1.165, 1.54) is 11.3 Å². The van der Waals surface area contributed by atoms with Crippen LogP contribution in [0.1, 0.15) is 32.0 Å². The number of hydrogen-bond acceptors (Lipinski definition) is 4. The lowest BCUT2D eigenvalue weighted by Gasteiger charge is -2.14. The SMILES string of the molecule is O=C(N[C@@H]1C=C[C@H](CO)C1)c1ccccc1C(=O)c1cccs1. The number of aliphatic hydroxyl groups is 1. The molecule has 1 aliphatic carbocycles. The number of carbonyl (C=O) groups excluding carboxylic acids is 2. The maximum absolute atomic E-state index is 12.6. The van der Waals surface area contributed by atoms with Crippen LogP contribution in [0.15, 0.2) is 53.9 Å². The highest BCUT2D eigenvalue weighted by Crippen LogP contribution is 2.20. The van der Waals surface area contributed by atoms with Gasteiger partial charge in [0.05, 0.1) is 10.4 Å². The van der Waals surface area contributed by atoms with Crippen molar-refractivity contribution in [2.75, 3.05) is 6.61 Å². The Labute approximate surface area is 138 Å². The molecule has 0 bridgehead atoms. The van der Waals surface area contributed by atoms with Crippen molar-refractivity contribution in [2.24, 2.45) is 5.92 Å². The predicted octanol–water partition coefficient (Wildman–Crippen LogP) is 2.65. The molecule has 2 atom stereocenters. The van der Waals surface area contributed by atoms with E-state index in [-0.39, 0.29) is 30.3 Å². The van der Waals surface area contributed by atoms with Gasteiger partial charge >= 0.3 is 0 Å². The normalized spacial score (nSPS) is 19.7. The molecule has 2 aromatic rings. The lowest BCUT2D eigenvalue weighted by atomic mass is 10.0. The van der Waals surface area contributed by atoms with Crippen LogP contribution in [0.25, 0.3) is 0 Å². The number of ketones is 1. The Morgan fingerprint density at radius 2 is 1.91 bits per heavy atom. The number of amides is 1. The fraction of sp³-hybridized carbons (Fsp3) is 0.222. The summed E-state index contributed by atoms with van der Waals surface area (Å²) >= 11 is 1.36. The highest BCUT2D eigenvalue weighted by molar-refractivity contribution is 7.12. The fourth-order valence-electron chi connectivity index (χ4n) is 2.68. The van der Waals surface area contributed by atoms with E-state index in [4.69, 9.17) is 5.11 Å². The zero-order valence-electron chi connectivity index (χ0n) is 12.4. The van der Waals surface area contributed by atoms with Crippen LogP contribution in [0, 0.1) is 5.92 Å². The van der Waals surface area contributed by atoms with Crippen molar-refractivity contribution >= 4 is 23.0 Å². The summed E-state index contributed by atoms with van der Waals surface area (Å²) < 4.78 is 0. The van der Waals surface area contributed by atoms with E-state index in [2.05, 4.69) is 5.32 Å². The number of benzene rings is 1. The molecule has 4 nitrogen and oxygen atoms in total. The molecule has 3 rings (SSSR count). The van der Waals surface area contributed by atoms with Gasteiger partial charge in [0.15, 0.2) is 0 Å². The summed E-state index contributed by atoms with van der Waals surface area (Å²) in [5, 5.41) is 13.9. The standard InChI is InChI=1S/C18H17NO3S/c20-11-12-7-8-13(10-12)19-18(22)15-5-2-1-4-14(15)17(21)16-6-3-9-23-16/h1-9,12-13,20H,10-11H2,(H,19,22)/t12-,13+/m0/s1. The highest BCUT2D eigenvalue weighted by atomic mass is 32.1. The molecule has 0 radical (unpaired) electrons. The second kappa shape index (κ2) is 6.89. The molecule has 0 fully saturated rings. The summed E-state index contributed by atoms with van der Waals surface area (Å²) in [5.41, 5.74) is 0.792. The fourth-order valence-corrected chi connectivity index (χ4v) is 3.36. The number of rotatable bonds is 5. The molecule has 23 heavy (non-hydrogen) atoms. The van der Waals surface area contributed by atoms with E-state index >= 15 is 0 Å². The first-order valence-corrected chi connectivity index (χ1v) is 8.34. The molecule has 0 aliphatic heterocycles. The molecule has 1 heterocycles. The maximum Gasteiger partial charge on any atom is 0.252 e. The van der Waals surface area contributed by atoms with Gasteiger partial charge in [-0.05, 0) is 23.9 Å². The minimum atomic E-state index is -0.265. The Kier molecular flexibility index (Phi) is 4.69. The topological polar surface area (TPSA) is 66.4 Å². The zero-order chi connectivity index (χ0) is 16.2. The van der Waals surface area contributed by atoms with Crippen LogP contribution in [0.5, 0.6) is 0 Å². The van der Waals surface area contributed by atoms with Crippen molar-refractivity contribution in [3.63, 3.8) is 0 Å².